The smallest absolute Gasteiger partial charge is 0.328 e. The Morgan fingerprint density at radius 3 is 1.97 bits per heavy atom. The zero-order valence-electron chi connectivity index (χ0n) is 17.9. The summed E-state index contributed by atoms with van der Waals surface area (Å²) in [5.41, 5.74) is 15.9. The largest absolute Gasteiger partial charge is 0.481 e. The van der Waals surface area contributed by atoms with Crippen molar-refractivity contribution >= 4 is 35.6 Å². The van der Waals surface area contributed by atoms with E-state index in [9.17, 15) is 29.1 Å². The quantitative estimate of drug-likeness (QED) is 0.0601. The number of hydrogen-bond donors (Lipinski definition) is 10. The fourth-order valence-corrected chi connectivity index (χ4v) is 2.44. The summed E-state index contributed by atoms with van der Waals surface area (Å²) in [5, 5.41) is 43.1. The molecule has 0 bridgehead atoms. The molecule has 0 aliphatic heterocycles. The molecule has 3 amide bonds. The summed E-state index contributed by atoms with van der Waals surface area (Å²) in [6.45, 7) is 0.321. The van der Waals surface area contributed by atoms with Crippen LogP contribution in [0.25, 0.3) is 0 Å². The molecule has 0 radical (unpaired) electrons. The number of carbonyl (C=O) groups is 5. The lowest BCUT2D eigenvalue weighted by atomic mass is 10.1. The van der Waals surface area contributed by atoms with E-state index in [0.29, 0.717) is 0 Å². The van der Waals surface area contributed by atoms with Crippen molar-refractivity contribution in [2.45, 2.75) is 56.5 Å². The number of hydrogen-bond acceptors (Lipinski definition) is 9. The standard InChI is InChI=1S/C17H31N7O9/c1-7(26)12(24-13(29)8(18)5-11(27)28)15(31)22-9(3-2-4-21-17(19)20)14(30)23-10(6-25)16(32)33/h7-10,12,25-26H,2-6,18H2,1H3,(H,22,31)(H,23,30)(H,24,29)(H,27,28)(H,32,33)(H4,19,20,21). The minimum absolute atomic E-state index is 0.0744. The van der Waals surface area contributed by atoms with Crippen molar-refractivity contribution in [1.82, 2.24) is 16.0 Å². The third-order valence-electron chi connectivity index (χ3n) is 4.17. The number of carboxylic acids is 2. The molecule has 0 saturated carbocycles. The summed E-state index contributed by atoms with van der Waals surface area (Å²) in [6, 6.07) is -6.11. The van der Waals surface area contributed by atoms with Crippen molar-refractivity contribution in [3.05, 3.63) is 0 Å². The van der Waals surface area contributed by atoms with Crippen LogP contribution in [0.2, 0.25) is 0 Å². The molecule has 0 aromatic carbocycles. The molecule has 16 nitrogen and oxygen atoms in total. The molecule has 5 unspecified atom stereocenters. The number of guanidine groups is 1. The van der Waals surface area contributed by atoms with Crippen LogP contribution in [0.4, 0.5) is 0 Å². The number of aliphatic hydroxyl groups is 2. The highest BCUT2D eigenvalue weighted by atomic mass is 16.4. The van der Waals surface area contributed by atoms with Gasteiger partial charge in [0.1, 0.15) is 18.1 Å². The van der Waals surface area contributed by atoms with E-state index in [1.165, 1.54) is 0 Å². The molecular formula is C17H31N7O9. The van der Waals surface area contributed by atoms with E-state index >= 15 is 0 Å². The molecule has 0 aromatic rings. The molecule has 5 atom stereocenters. The van der Waals surface area contributed by atoms with Gasteiger partial charge in [0.15, 0.2) is 5.96 Å². The van der Waals surface area contributed by atoms with E-state index in [-0.39, 0.29) is 25.3 Å². The third-order valence-corrected chi connectivity index (χ3v) is 4.17. The van der Waals surface area contributed by atoms with Crippen LogP contribution in [0.1, 0.15) is 26.2 Å². The number of carboxylic acid groups (broad SMARTS) is 2. The first-order valence-electron chi connectivity index (χ1n) is 9.75. The van der Waals surface area contributed by atoms with E-state index in [1.807, 2.05) is 5.32 Å². The molecule has 0 aliphatic rings. The Morgan fingerprint density at radius 2 is 1.52 bits per heavy atom. The Kier molecular flexibility index (Phi) is 13.0. The van der Waals surface area contributed by atoms with E-state index in [1.54, 1.807) is 0 Å². The highest BCUT2D eigenvalue weighted by Crippen LogP contribution is 2.03. The van der Waals surface area contributed by atoms with Gasteiger partial charge in [-0.1, -0.05) is 0 Å². The molecule has 0 fully saturated rings. The maximum atomic E-state index is 12.7. The van der Waals surface area contributed by atoms with Crippen molar-refractivity contribution in [1.29, 1.82) is 0 Å². The maximum Gasteiger partial charge on any atom is 0.328 e. The average Bonchev–Trinajstić information content (AvgIpc) is 2.70. The maximum absolute atomic E-state index is 12.7. The Labute approximate surface area is 188 Å². The van der Waals surface area contributed by atoms with Gasteiger partial charge in [0.25, 0.3) is 0 Å². The summed E-state index contributed by atoms with van der Waals surface area (Å²) < 4.78 is 0. The van der Waals surface area contributed by atoms with Crippen molar-refractivity contribution in [2.75, 3.05) is 13.2 Å². The van der Waals surface area contributed by atoms with E-state index in [4.69, 9.17) is 32.5 Å². The van der Waals surface area contributed by atoms with E-state index < -0.39 is 73.0 Å². The second-order valence-corrected chi connectivity index (χ2v) is 7.02. The second-order valence-electron chi connectivity index (χ2n) is 7.02. The van der Waals surface area contributed by atoms with Crippen LogP contribution in [0.5, 0.6) is 0 Å². The Balaban J connectivity index is 5.46. The second kappa shape index (κ2) is 14.5. The van der Waals surface area contributed by atoms with Crippen molar-refractivity contribution in [3.63, 3.8) is 0 Å². The van der Waals surface area contributed by atoms with Crippen LogP contribution in [0, 0.1) is 0 Å². The SMILES string of the molecule is CC(O)C(NC(=O)C(N)CC(=O)O)C(=O)NC(CCCN=C(N)N)C(=O)NC(CO)C(=O)O. The first-order chi connectivity index (χ1) is 15.3. The number of aliphatic imine (C=N–C) groups is 1. The number of aliphatic hydroxyl groups excluding tert-OH is 2. The van der Waals surface area contributed by atoms with Crippen molar-refractivity contribution < 1.29 is 44.4 Å². The topological polar surface area (TPSA) is 293 Å². The van der Waals surface area contributed by atoms with Crippen LogP contribution >= 0.6 is 0 Å². The minimum Gasteiger partial charge on any atom is -0.481 e. The fourth-order valence-electron chi connectivity index (χ4n) is 2.44. The Morgan fingerprint density at radius 1 is 0.939 bits per heavy atom. The molecule has 188 valence electrons. The zero-order chi connectivity index (χ0) is 25.7. The molecule has 0 rings (SSSR count). The molecule has 33 heavy (non-hydrogen) atoms. The number of aliphatic carboxylic acids is 2. The average molecular weight is 477 g/mol. The molecule has 13 N–H and O–H groups in total. The molecule has 0 spiro atoms. The van der Waals surface area contributed by atoms with E-state index in [2.05, 4.69) is 15.6 Å². The number of nitrogens with one attached hydrogen (secondary N) is 3. The molecule has 16 heteroatoms. The molecule has 0 saturated heterocycles. The number of rotatable bonds is 15. The summed E-state index contributed by atoms with van der Waals surface area (Å²) in [5.74, 6) is -6.10. The van der Waals surface area contributed by atoms with Crippen molar-refractivity contribution in [3.8, 4) is 0 Å². The highest BCUT2D eigenvalue weighted by Gasteiger charge is 2.32. The van der Waals surface area contributed by atoms with Crippen LogP contribution in [-0.4, -0.2) is 99.5 Å². The van der Waals surface area contributed by atoms with Gasteiger partial charge in [-0.25, -0.2) is 4.79 Å². The fraction of sp³-hybridized carbons (Fsp3) is 0.647. The van der Waals surface area contributed by atoms with Gasteiger partial charge < -0.3 is 53.6 Å². The van der Waals surface area contributed by atoms with Gasteiger partial charge >= 0.3 is 11.9 Å². The lowest BCUT2D eigenvalue weighted by molar-refractivity contribution is -0.143. The third kappa shape index (κ3) is 11.6. The van der Waals surface area contributed by atoms with Crippen LogP contribution in [0.3, 0.4) is 0 Å². The van der Waals surface area contributed by atoms with Gasteiger partial charge in [-0.2, -0.15) is 0 Å². The van der Waals surface area contributed by atoms with Crippen LogP contribution < -0.4 is 33.2 Å². The van der Waals surface area contributed by atoms with Gasteiger partial charge in [0.05, 0.1) is 25.2 Å². The zero-order valence-corrected chi connectivity index (χ0v) is 17.9. The minimum atomic E-state index is -1.64. The van der Waals surface area contributed by atoms with Gasteiger partial charge in [-0.15, -0.1) is 0 Å². The molecular weight excluding hydrogens is 446 g/mol. The van der Waals surface area contributed by atoms with Gasteiger partial charge in [-0.3, -0.25) is 24.2 Å². The van der Waals surface area contributed by atoms with Gasteiger partial charge in [0.2, 0.25) is 17.7 Å². The van der Waals surface area contributed by atoms with Crippen molar-refractivity contribution in [2.24, 2.45) is 22.2 Å². The van der Waals surface area contributed by atoms with Gasteiger partial charge in [-0.05, 0) is 19.8 Å². The summed E-state index contributed by atoms with van der Waals surface area (Å²) >= 11 is 0. The molecule has 0 heterocycles. The first-order valence-corrected chi connectivity index (χ1v) is 9.75. The number of amides is 3. The lowest BCUT2D eigenvalue weighted by Crippen LogP contribution is -2.60. The molecule has 0 aromatic heterocycles. The summed E-state index contributed by atoms with van der Waals surface area (Å²) in [6.07, 6.45) is -2.11. The van der Waals surface area contributed by atoms with E-state index in [0.717, 1.165) is 6.92 Å². The highest BCUT2D eigenvalue weighted by molar-refractivity contribution is 5.95. The number of carbonyl (C=O) groups excluding carboxylic acids is 3. The summed E-state index contributed by atoms with van der Waals surface area (Å²) in [4.78, 5) is 62.7. The van der Waals surface area contributed by atoms with Crippen LogP contribution in [-0.2, 0) is 24.0 Å². The lowest BCUT2D eigenvalue weighted by Gasteiger charge is -2.26. The Bertz CT molecular complexity index is 740. The molecule has 0 aliphatic carbocycles. The number of nitrogens with two attached hydrogens (primary N) is 3. The first kappa shape index (κ1) is 29.5. The Hall–Kier alpha value is -3.50. The predicted octanol–water partition coefficient (Wildman–Crippen LogP) is -5.25. The van der Waals surface area contributed by atoms with Gasteiger partial charge in [0, 0.05) is 6.54 Å². The van der Waals surface area contributed by atoms with Crippen LogP contribution in [0.15, 0.2) is 4.99 Å². The summed E-state index contributed by atoms with van der Waals surface area (Å²) in [7, 11) is 0. The predicted molar refractivity (Wildman–Crippen MR) is 112 cm³/mol. The normalized spacial score (nSPS) is 15.2. The monoisotopic (exact) mass is 477 g/mol. The number of nitrogens with zero attached hydrogens (tertiary/aromatic N) is 1.